The lowest BCUT2D eigenvalue weighted by molar-refractivity contribution is 0.288. The van der Waals surface area contributed by atoms with Crippen molar-refractivity contribution >= 4 is 0 Å². The van der Waals surface area contributed by atoms with Crippen LogP contribution in [0.15, 0.2) is 30.5 Å². The van der Waals surface area contributed by atoms with Gasteiger partial charge in [-0.3, -0.25) is 0 Å². The zero-order valence-electron chi connectivity index (χ0n) is 12.4. The molecule has 6 nitrogen and oxygen atoms in total. The van der Waals surface area contributed by atoms with Crippen LogP contribution in [0.3, 0.4) is 0 Å². The first-order valence-electron chi connectivity index (χ1n) is 7.26. The van der Waals surface area contributed by atoms with Crippen molar-refractivity contribution in [3.63, 3.8) is 0 Å². The van der Waals surface area contributed by atoms with Crippen molar-refractivity contribution in [2.75, 3.05) is 19.8 Å². The Labute approximate surface area is 124 Å². The SMILES string of the molecule is CCOc1ccc(OCCn2cc(CCCN)nn2)cc1. The van der Waals surface area contributed by atoms with E-state index in [0.29, 0.717) is 26.3 Å². The highest BCUT2D eigenvalue weighted by Gasteiger charge is 2.01. The van der Waals surface area contributed by atoms with Crippen LogP contribution in [0, 0.1) is 0 Å². The van der Waals surface area contributed by atoms with E-state index in [2.05, 4.69) is 10.3 Å². The third-order valence-corrected chi connectivity index (χ3v) is 2.95. The Balaban J connectivity index is 1.74. The van der Waals surface area contributed by atoms with Crippen LogP contribution in [-0.4, -0.2) is 34.8 Å². The van der Waals surface area contributed by atoms with Crippen molar-refractivity contribution in [1.82, 2.24) is 15.0 Å². The molecule has 0 spiro atoms. The van der Waals surface area contributed by atoms with E-state index >= 15 is 0 Å². The summed E-state index contributed by atoms with van der Waals surface area (Å²) in [7, 11) is 0. The molecule has 0 unspecified atom stereocenters. The van der Waals surface area contributed by atoms with Gasteiger partial charge in [0.15, 0.2) is 0 Å². The standard InChI is InChI=1S/C15H22N4O2/c1-2-20-14-5-7-15(8-6-14)21-11-10-19-12-13(17-18-19)4-3-9-16/h5-8,12H,2-4,9-11,16H2,1H3. The molecule has 1 aromatic carbocycles. The van der Waals surface area contributed by atoms with Crippen LogP contribution in [-0.2, 0) is 13.0 Å². The van der Waals surface area contributed by atoms with Gasteiger partial charge >= 0.3 is 0 Å². The average molecular weight is 290 g/mol. The Morgan fingerprint density at radius 2 is 1.86 bits per heavy atom. The second-order valence-corrected chi connectivity index (χ2v) is 4.62. The van der Waals surface area contributed by atoms with E-state index < -0.39 is 0 Å². The van der Waals surface area contributed by atoms with Crippen LogP contribution in [0.4, 0.5) is 0 Å². The quantitative estimate of drug-likeness (QED) is 0.760. The maximum Gasteiger partial charge on any atom is 0.119 e. The maximum atomic E-state index is 5.67. The minimum absolute atomic E-state index is 0.549. The highest BCUT2D eigenvalue weighted by Crippen LogP contribution is 2.17. The van der Waals surface area contributed by atoms with Gasteiger partial charge in [0.1, 0.15) is 18.1 Å². The zero-order chi connectivity index (χ0) is 14.9. The van der Waals surface area contributed by atoms with E-state index in [1.807, 2.05) is 37.4 Å². The number of nitrogens with two attached hydrogens (primary N) is 1. The number of ether oxygens (including phenoxy) is 2. The monoisotopic (exact) mass is 290 g/mol. The normalized spacial score (nSPS) is 10.6. The summed E-state index contributed by atoms with van der Waals surface area (Å²) in [5.41, 5.74) is 6.45. The number of nitrogens with zero attached hydrogens (tertiary/aromatic N) is 3. The Morgan fingerprint density at radius 1 is 1.14 bits per heavy atom. The van der Waals surface area contributed by atoms with Crippen molar-refractivity contribution in [3.8, 4) is 11.5 Å². The molecule has 0 radical (unpaired) electrons. The van der Waals surface area contributed by atoms with Gasteiger partial charge in [-0.05, 0) is 50.6 Å². The summed E-state index contributed by atoms with van der Waals surface area (Å²) in [6, 6.07) is 7.61. The van der Waals surface area contributed by atoms with Gasteiger partial charge in [-0.25, -0.2) is 4.68 Å². The van der Waals surface area contributed by atoms with Gasteiger partial charge in [0.05, 0.1) is 18.8 Å². The first-order chi connectivity index (χ1) is 10.3. The Morgan fingerprint density at radius 3 is 2.52 bits per heavy atom. The predicted molar refractivity (Wildman–Crippen MR) is 80.5 cm³/mol. The van der Waals surface area contributed by atoms with Gasteiger partial charge in [-0.1, -0.05) is 5.21 Å². The molecule has 2 N–H and O–H groups in total. The molecular formula is C15H22N4O2. The lowest BCUT2D eigenvalue weighted by Crippen LogP contribution is -2.08. The summed E-state index contributed by atoms with van der Waals surface area (Å²) in [5, 5.41) is 8.16. The number of hydrogen-bond donors (Lipinski definition) is 1. The van der Waals surface area contributed by atoms with Gasteiger partial charge in [-0.15, -0.1) is 5.10 Å². The van der Waals surface area contributed by atoms with Gasteiger partial charge < -0.3 is 15.2 Å². The van der Waals surface area contributed by atoms with Crippen LogP contribution in [0.1, 0.15) is 19.0 Å². The first kappa shape index (κ1) is 15.3. The van der Waals surface area contributed by atoms with Gasteiger partial charge in [-0.2, -0.15) is 0 Å². The third-order valence-electron chi connectivity index (χ3n) is 2.95. The summed E-state index contributed by atoms with van der Waals surface area (Å²) in [6.45, 7) is 4.52. The summed E-state index contributed by atoms with van der Waals surface area (Å²) >= 11 is 0. The van der Waals surface area contributed by atoms with E-state index in [0.717, 1.165) is 30.0 Å². The molecule has 21 heavy (non-hydrogen) atoms. The molecule has 0 aliphatic carbocycles. The van der Waals surface area contributed by atoms with Crippen LogP contribution in [0.2, 0.25) is 0 Å². The van der Waals surface area contributed by atoms with E-state index in [4.69, 9.17) is 15.2 Å². The van der Waals surface area contributed by atoms with E-state index in [1.165, 1.54) is 0 Å². The van der Waals surface area contributed by atoms with E-state index in [-0.39, 0.29) is 0 Å². The molecule has 6 heteroatoms. The summed E-state index contributed by atoms with van der Waals surface area (Å²) in [4.78, 5) is 0. The highest BCUT2D eigenvalue weighted by molar-refractivity contribution is 5.31. The lowest BCUT2D eigenvalue weighted by atomic mass is 10.2. The molecular weight excluding hydrogens is 268 g/mol. The van der Waals surface area contributed by atoms with Crippen LogP contribution in [0.5, 0.6) is 11.5 Å². The van der Waals surface area contributed by atoms with Gasteiger partial charge in [0.25, 0.3) is 0 Å². The Bertz CT molecular complexity index is 525. The second kappa shape index (κ2) is 8.26. The topological polar surface area (TPSA) is 75.2 Å². The van der Waals surface area contributed by atoms with Crippen molar-refractivity contribution in [1.29, 1.82) is 0 Å². The third kappa shape index (κ3) is 5.07. The smallest absolute Gasteiger partial charge is 0.119 e. The maximum absolute atomic E-state index is 5.67. The average Bonchev–Trinajstić information content (AvgIpc) is 2.95. The molecule has 2 rings (SSSR count). The van der Waals surface area contributed by atoms with Crippen molar-refractivity contribution in [3.05, 3.63) is 36.2 Å². The molecule has 0 saturated heterocycles. The molecule has 1 heterocycles. The van der Waals surface area contributed by atoms with Crippen molar-refractivity contribution in [2.24, 2.45) is 5.73 Å². The summed E-state index contributed by atoms with van der Waals surface area (Å²) in [6.07, 6.45) is 3.74. The van der Waals surface area contributed by atoms with Crippen molar-refractivity contribution < 1.29 is 9.47 Å². The molecule has 0 saturated carbocycles. The Kier molecular flexibility index (Phi) is 6.02. The number of aryl methyl sites for hydroxylation is 1. The number of rotatable bonds is 9. The molecule has 1 aromatic heterocycles. The fraction of sp³-hybridized carbons (Fsp3) is 0.467. The zero-order valence-corrected chi connectivity index (χ0v) is 12.4. The lowest BCUT2D eigenvalue weighted by Gasteiger charge is -2.07. The second-order valence-electron chi connectivity index (χ2n) is 4.62. The molecule has 0 aliphatic heterocycles. The van der Waals surface area contributed by atoms with Gasteiger partial charge in [0, 0.05) is 6.20 Å². The fourth-order valence-electron chi connectivity index (χ4n) is 1.90. The first-order valence-corrected chi connectivity index (χ1v) is 7.26. The molecule has 0 bridgehead atoms. The fourth-order valence-corrected chi connectivity index (χ4v) is 1.90. The number of benzene rings is 1. The molecule has 0 aliphatic rings. The van der Waals surface area contributed by atoms with Crippen LogP contribution >= 0.6 is 0 Å². The van der Waals surface area contributed by atoms with Crippen LogP contribution < -0.4 is 15.2 Å². The highest BCUT2D eigenvalue weighted by atomic mass is 16.5. The minimum atomic E-state index is 0.549. The minimum Gasteiger partial charge on any atom is -0.494 e. The number of aromatic nitrogens is 3. The van der Waals surface area contributed by atoms with Crippen LogP contribution in [0.25, 0.3) is 0 Å². The van der Waals surface area contributed by atoms with E-state index in [1.54, 1.807) is 4.68 Å². The number of hydrogen-bond acceptors (Lipinski definition) is 5. The van der Waals surface area contributed by atoms with Gasteiger partial charge in [0.2, 0.25) is 0 Å². The largest absolute Gasteiger partial charge is 0.494 e. The molecule has 0 fully saturated rings. The Hall–Kier alpha value is -2.08. The molecule has 114 valence electrons. The summed E-state index contributed by atoms with van der Waals surface area (Å²) < 4.78 is 12.8. The molecule has 0 amide bonds. The molecule has 2 aromatic rings. The van der Waals surface area contributed by atoms with Crippen molar-refractivity contribution in [2.45, 2.75) is 26.3 Å². The summed E-state index contributed by atoms with van der Waals surface area (Å²) in [5.74, 6) is 1.67. The molecule has 0 atom stereocenters. The van der Waals surface area contributed by atoms with E-state index in [9.17, 15) is 0 Å². The predicted octanol–water partition coefficient (Wildman–Crippen LogP) is 1.65.